The number of carbonyl (C=O) groups is 1. The maximum atomic E-state index is 12.6. The Bertz CT molecular complexity index is 1740. The molecule has 0 aliphatic heterocycles. The van der Waals surface area contributed by atoms with Gasteiger partial charge in [0.1, 0.15) is 28.5 Å². The molecule has 0 radical (unpaired) electrons. The van der Waals surface area contributed by atoms with Gasteiger partial charge in [0.2, 0.25) is 5.91 Å². The van der Waals surface area contributed by atoms with Gasteiger partial charge >= 0.3 is 0 Å². The van der Waals surface area contributed by atoms with Crippen molar-refractivity contribution in [1.82, 2.24) is 15.2 Å². The molecule has 11 nitrogen and oxygen atoms in total. The number of anilines is 3. The Hall–Kier alpha value is -4.69. The van der Waals surface area contributed by atoms with Gasteiger partial charge in [0.15, 0.2) is 11.0 Å². The largest absolute Gasteiger partial charge is 0.383 e. The fourth-order valence-corrected chi connectivity index (χ4v) is 5.58. The van der Waals surface area contributed by atoms with Crippen molar-refractivity contribution in [3.63, 3.8) is 0 Å². The van der Waals surface area contributed by atoms with E-state index in [2.05, 4.69) is 31.3 Å². The molecule has 0 unspecified atom stereocenters. The van der Waals surface area contributed by atoms with Gasteiger partial charge in [0.05, 0.1) is 10.5 Å². The number of amides is 1. The second-order valence-corrected chi connectivity index (χ2v) is 11.2. The fourth-order valence-electron chi connectivity index (χ4n) is 3.54. The fraction of sp³-hybridized carbons (Fsp3) is 0.0769. The number of nitriles is 2. The number of aromatic nitrogens is 3. The molecule has 200 valence electrons. The van der Waals surface area contributed by atoms with Crippen molar-refractivity contribution in [2.75, 3.05) is 21.5 Å². The molecule has 4 rings (SSSR count). The van der Waals surface area contributed by atoms with Gasteiger partial charge in [-0.2, -0.15) is 10.5 Å². The first kappa shape index (κ1) is 28.3. The van der Waals surface area contributed by atoms with Gasteiger partial charge < -0.3 is 11.1 Å². The zero-order chi connectivity index (χ0) is 28.7. The molecule has 40 heavy (non-hydrogen) atoms. The maximum absolute atomic E-state index is 12.6. The van der Waals surface area contributed by atoms with E-state index in [1.165, 1.54) is 48.2 Å². The Morgan fingerprint density at radius 2 is 1.68 bits per heavy atom. The van der Waals surface area contributed by atoms with Gasteiger partial charge in [0.25, 0.3) is 10.0 Å². The van der Waals surface area contributed by atoms with E-state index in [4.69, 9.17) is 17.3 Å². The number of pyridine rings is 1. The number of halogens is 1. The summed E-state index contributed by atoms with van der Waals surface area (Å²) in [6, 6.07) is 21.5. The summed E-state index contributed by atoms with van der Waals surface area (Å²) >= 11 is 6.83. The van der Waals surface area contributed by atoms with E-state index in [1.807, 2.05) is 12.1 Å². The molecule has 0 aliphatic carbocycles. The van der Waals surface area contributed by atoms with Crippen LogP contribution in [0.25, 0.3) is 11.1 Å². The minimum atomic E-state index is -3.93. The average Bonchev–Trinajstić information content (AvgIpc) is 2.94. The number of rotatable bonds is 9. The van der Waals surface area contributed by atoms with E-state index in [-0.39, 0.29) is 50.9 Å². The second kappa shape index (κ2) is 12.4. The molecule has 0 bridgehead atoms. The number of hydrogen-bond acceptors (Lipinski definition) is 10. The van der Waals surface area contributed by atoms with Crippen LogP contribution < -0.4 is 15.8 Å². The predicted molar refractivity (Wildman–Crippen MR) is 152 cm³/mol. The Labute approximate surface area is 239 Å². The summed E-state index contributed by atoms with van der Waals surface area (Å²) in [5.41, 5.74) is 7.80. The summed E-state index contributed by atoms with van der Waals surface area (Å²) in [4.78, 5) is 16.7. The number of sulfonamides is 1. The molecule has 0 spiro atoms. The van der Waals surface area contributed by atoms with Gasteiger partial charge in [-0.1, -0.05) is 41.9 Å². The van der Waals surface area contributed by atoms with Crippen molar-refractivity contribution in [2.24, 2.45) is 0 Å². The van der Waals surface area contributed by atoms with Crippen LogP contribution in [-0.4, -0.2) is 35.3 Å². The number of nitrogens with two attached hydrogens (primary N) is 1. The molecule has 14 heteroatoms. The van der Waals surface area contributed by atoms with E-state index in [1.54, 1.807) is 24.3 Å². The number of hydrogen-bond donors (Lipinski definition) is 3. The average molecular weight is 591 g/mol. The summed E-state index contributed by atoms with van der Waals surface area (Å²) in [6.07, 6.45) is 0.0641. The smallest absolute Gasteiger partial charge is 0.263 e. The molecule has 4 N–H and O–H groups in total. The Morgan fingerprint density at radius 1 is 0.975 bits per heavy atom. The molecule has 0 saturated heterocycles. The van der Waals surface area contributed by atoms with Gasteiger partial charge in [-0.3, -0.25) is 9.52 Å². The molecule has 0 fully saturated rings. The van der Waals surface area contributed by atoms with Gasteiger partial charge in [0, 0.05) is 23.4 Å². The normalized spacial score (nSPS) is 10.8. The summed E-state index contributed by atoms with van der Waals surface area (Å²) in [7, 11) is -3.93. The highest BCUT2D eigenvalue weighted by molar-refractivity contribution is 7.99. The number of benzene rings is 2. The predicted octanol–water partition coefficient (Wildman–Crippen LogP) is 4.44. The van der Waals surface area contributed by atoms with Crippen LogP contribution in [0.2, 0.25) is 5.15 Å². The second-order valence-electron chi connectivity index (χ2n) is 8.03. The molecule has 0 aliphatic rings. The topological polar surface area (TPSA) is 188 Å². The highest BCUT2D eigenvalue weighted by Gasteiger charge is 2.21. The van der Waals surface area contributed by atoms with Crippen LogP contribution in [0.3, 0.4) is 0 Å². The van der Waals surface area contributed by atoms with Gasteiger partial charge in [-0.25, -0.2) is 13.4 Å². The molecular formula is C26H19ClN8O3S2. The number of nitrogens with zero attached hydrogens (tertiary/aromatic N) is 5. The zero-order valence-electron chi connectivity index (χ0n) is 20.5. The van der Waals surface area contributed by atoms with Gasteiger partial charge in [-0.15, -0.1) is 22.0 Å². The third kappa shape index (κ3) is 6.65. The zero-order valence-corrected chi connectivity index (χ0v) is 22.9. The van der Waals surface area contributed by atoms with E-state index in [0.29, 0.717) is 21.8 Å². The summed E-state index contributed by atoms with van der Waals surface area (Å²) in [5, 5.41) is 29.9. The Balaban J connectivity index is 1.40. The minimum absolute atomic E-state index is 0.0000527. The van der Waals surface area contributed by atoms with Crippen molar-refractivity contribution in [3.05, 3.63) is 83.0 Å². The Kier molecular flexibility index (Phi) is 8.81. The number of nitrogen functional groups attached to an aromatic ring is 1. The number of nitrogens with one attached hydrogen (secondary N) is 2. The SMILES string of the molecule is N#Cc1c(N)nc(SCCC(=O)Nc2ccc(S(=O)(=O)Nc3ccc(Cl)nn3)cc2)c(C#N)c1-c1ccccc1. The van der Waals surface area contributed by atoms with Crippen LogP contribution in [0.1, 0.15) is 17.5 Å². The van der Waals surface area contributed by atoms with Crippen LogP contribution in [0.5, 0.6) is 0 Å². The first-order chi connectivity index (χ1) is 19.2. The lowest BCUT2D eigenvalue weighted by molar-refractivity contribution is -0.115. The van der Waals surface area contributed by atoms with Crippen LogP contribution in [-0.2, 0) is 14.8 Å². The first-order valence-electron chi connectivity index (χ1n) is 11.5. The third-order valence-corrected chi connectivity index (χ3v) is 7.91. The summed E-state index contributed by atoms with van der Waals surface area (Å²) < 4.78 is 27.4. The van der Waals surface area contributed by atoms with Gasteiger partial charge in [-0.05, 0) is 42.0 Å². The van der Waals surface area contributed by atoms with E-state index < -0.39 is 10.0 Å². The molecule has 2 heterocycles. The van der Waals surface area contributed by atoms with Crippen LogP contribution in [0.4, 0.5) is 17.3 Å². The molecule has 2 aromatic heterocycles. The van der Waals surface area contributed by atoms with Crippen molar-refractivity contribution in [2.45, 2.75) is 16.3 Å². The molecule has 0 atom stereocenters. The van der Waals surface area contributed by atoms with Crippen LogP contribution in [0.15, 0.2) is 76.7 Å². The standard InChI is InChI=1S/C26H19ClN8O3S2/c27-21-10-11-22(34-33-21)35-40(37,38)18-8-6-17(7-9-18)31-23(36)12-13-39-26-20(15-29)24(16-4-2-1-3-5-16)19(14-28)25(30)32-26/h1-11H,12-13H2,(H2,30,32)(H,31,36)(H,34,35). The lowest BCUT2D eigenvalue weighted by atomic mass is 9.97. The highest BCUT2D eigenvalue weighted by Crippen LogP contribution is 2.35. The van der Waals surface area contributed by atoms with Crippen LogP contribution >= 0.6 is 23.4 Å². The quantitative estimate of drug-likeness (QED) is 0.235. The lowest BCUT2D eigenvalue weighted by Gasteiger charge is -2.13. The molecule has 1 amide bonds. The Morgan fingerprint density at radius 3 is 2.30 bits per heavy atom. The van der Waals surface area contributed by atoms with E-state index in [0.717, 1.165) is 0 Å². The molecule has 2 aromatic carbocycles. The van der Waals surface area contributed by atoms with E-state index >= 15 is 0 Å². The first-order valence-corrected chi connectivity index (χ1v) is 14.3. The minimum Gasteiger partial charge on any atom is -0.383 e. The molecule has 0 saturated carbocycles. The van der Waals surface area contributed by atoms with E-state index in [9.17, 15) is 23.7 Å². The van der Waals surface area contributed by atoms with Crippen LogP contribution in [0, 0.1) is 22.7 Å². The third-order valence-electron chi connectivity index (χ3n) is 5.37. The molecular weight excluding hydrogens is 572 g/mol. The van der Waals surface area contributed by atoms with Crippen molar-refractivity contribution in [1.29, 1.82) is 10.5 Å². The monoisotopic (exact) mass is 590 g/mol. The number of carbonyl (C=O) groups excluding carboxylic acids is 1. The lowest BCUT2D eigenvalue weighted by Crippen LogP contribution is -2.15. The number of thioether (sulfide) groups is 1. The van der Waals surface area contributed by atoms with Crippen molar-refractivity contribution < 1.29 is 13.2 Å². The summed E-state index contributed by atoms with van der Waals surface area (Å²) in [5.74, 6) is -0.0553. The highest BCUT2D eigenvalue weighted by atomic mass is 35.5. The van der Waals surface area contributed by atoms with Crippen molar-refractivity contribution >= 4 is 56.6 Å². The maximum Gasteiger partial charge on any atom is 0.263 e. The molecule has 4 aromatic rings. The summed E-state index contributed by atoms with van der Waals surface area (Å²) in [6.45, 7) is 0. The van der Waals surface area contributed by atoms with Crippen molar-refractivity contribution in [3.8, 4) is 23.3 Å².